The van der Waals surface area contributed by atoms with Gasteiger partial charge in [-0.25, -0.2) is 18.7 Å². The molecule has 0 radical (unpaired) electrons. The molecular formula is C29H21F2N5O4. The van der Waals surface area contributed by atoms with E-state index >= 15 is 4.39 Å². The third-order valence-corrected chi connectivity index (χ3v) is 6.09. The lowest BCUT2D eigenvalue weighted by atomic mass is 10.00. The zero-order chi connectivity index (χ0) is 28.4. The highest BCUT2D eigenvalue weighted by Crippen LogP contribution is 2.34. The van der Waals surface area contributed by atoms with Crippen molar-refractivity contribution in [1.29, 1.82) is 0 Å². The molecule has 40 heavy (non-hydrogen) atoms. The maximum atomic E-state index is 15.2. The summed E-state index contributed by atoms with van der Waals surface area (Å²) < 4.78 is 35.0. The van der Waals surface area contributed by atoms with Crippen LogP contribution in [0, 0.1) is 11.6 Å². The zero-order valence-electron chi connectivity index (χ0n) is 20.9. The number of hydrogen-bond acceptors (Lipinski definition) is 7. The van der Waals surface area contributed by atoms with Crippen LogP contribution in [0.25, 0.3) is 28.1 Å². The van der Waals surface area contributed by atoms with Crippen molar-refractivity contribution in [3.05, 3.63) is 113 Å². The fourth-order valence-corrected chi connectivity index (χ4v) is 4.16. The fourth-order valence-electron chi connectivity index (χ4n) is 4.16. The number of amides is 1. The van der Waals surface area contributed by atoms with Crippen LogP contribution < -0.4 is 21.3 Å². The Labute approximate surface area is 226 Å². The Kier molecular flexibility index (Phi) is 6.94. The minimum absolute atomic E-state index is 0.0138. The van der Waals surface area contributed by atoms with Gasteiger partial charge in [0.05, 0.1) is 12.8 Å². The summed E-state index contributed by atoms with van der Waals surface area (Å²) in [5.41, 5.74) is 6.38. The van der Waals surface area contributed by atoms with E-state index in [1.54, 1.807) is 12.1 Å². The Morgan fingerprint density at radius 2 is 1.77 bits per heavy atom. The first kappa shape index (κ1) is 26.0. The number of nitrogens with zero attached hydrogens (tertiary/aromatic N) is 3. The minimum Gasteiger partial charge on any atom is -0.507 e. The highest BCUT2D eigenvalue weighted by atomic mass is 19.1. The molecule has 5 aromatic rings. The summed E-state index contributed by atoms with van der Waals surface area (Å²) in [7, 11) is 1.31. The number of benzene rings is 3. The average molecular weight is 542 g/mol. The summed E-state index contributed by atoms with van der Waals surface area (Å²) in [6.07, 6.45) is 2.85. The van der Waals surface area contributed by atoms with Gasteiger partial charge in [0, 0.05) is 34.9 Å². The summed E-state index contributed by atoms with van der Waals surface area (Å²) in [5.74, 6) is -2.00. The van der Waals surface area contributed by atoms with Crippen molar-refractivity contribution in [2.24, 2.45) is 0 Å². The summed E-state index contributed by atoms with van der Waals surface area (Å²) in [4.78, 5) is 34.3. The molecule has 1 amide bonds. The molecule has 0 spiro atoms. The van der Waals surface area contributed by atoms with Crippen molar-refractivity contribution in [3.8, 4) is 39.6 Å². The summed E-state index contributed by atoms with van der Waals surface area (Å²) in [5, 5.41) is 12.9. The number of ether oxygens (including phenoxy) is 1. The van der Waals surface area contributed by atoms with Crippen LogP contribution in [0.5, 0.6) is 11.5 Å². The van der Waals surface area contributed by atoms with Gasteiger partial charge in [0.1, 0.15) is 28.7 Å². The molecular weight excluding hydrogens is 520 g/mol. The van der Waals surface area contributed by atoms with Crippen molar-refractivity contribution < 1.29 is 23.4 Å². The van der Waals surface area contributed by atoms with Crippen molar-refractivity contribution in [2.75, 3.05) is 18.2 Å². The van der Waals surface area contributed by atoms with Gasteiger partial charge in [-0.15, -0.1) is 0 Å². The Bertz CT molecular complexity index is 1810. The topological polar surface area (TPSA) is 132 Å². The number of carbonyl (C=O) groups excluding carboxylic acids is 1. The molecule has 5 rings (SSSR count). The van der Waals surface area contributed by atoms with Gasteiger partial charge in [-0.3, -0.25) is 14.2 Å². The first-order chi connectivity index (χ1) is 19.2. The minimum atomic E-state index is -0.821. The molecule has 200 valence electrons. The molecule has 0 aliphatic rings. The molecule has 0 bridgehead atoms. The molecule has 0 aliphatic carbocycles. The van der Waals surface area contributed by atoms with Crippen LogP contribution in [0.2, 0.25) is 0 Å². The van der Waals surface area contributed by atoms with Crippen LogP contribution in [0.3, 0.4) is 0 Å². The number of anilines is 2. The highest BCUT2D eigenvalue weighted by molar-refractivity contribution is 6.06. The molecule has 4 N–H and O–H groups in total. The van der Waals surface area contributed by atoms with Crippen LogP contribution in [0.1, 0.15) is 10.4 Å². The van der Waals surface area contributed by atoms with Crippen LogP contribution in [0.4, 0.5) is 20.4 Å². The number of halogens is 2. The monoisotopic (exact) mass is 541 g/mol. The second kappa shape index (κ2) is 10.7. The van der Waals surface area contributed by atoms with Crippen LogP contribution >= 0.6 is 0 Å². The van der Waals surface area contributed by atoms with E-state index in [0.29, 0.717) is 22.5 Å². The number of aromatic nitrogens is 3. The molecule has 0 saturated carbocycles. The van der Waals surface area contributed by atoms with Crippen molar-refractivity contribution in [3.63, 3.8) is 0 Å². The quantitative estimate of drug-likeness (QED) is 0.282. The molecule has 0 saturated heterocycles. The standard InChI is InChI=1S/C29H21F2N5O4/c1-40-25-11-13-36(19-6-3-17(30)4-7-19)28(39)26(25)27(38)34-18-5-8-20(22(31)15-18)16-2-9-24(37)21(14-16)23-10-12-33-29(32)35-23/h2-15,37H,1H3,(H,34,38)(H2,32,33,35). The number of rotatable bonds is 6. The number of nitrogens with one attached hydrogen (secondary N) is 1. The van der Waals surface area contributed by atoms with E-state index in [9.17, 15) is 19.1 Å². The number of aromatic hydroxyl groups is 1. The highest BCUT2D eigenvalue weighted by Gasteiger charge is 2.21. The molecule has 9 nitrogen and oxygen atoms in total. The van der Waals surface area contributed by atoms with Crippen LogP contribution in [-0.2, 0) is 0 Å². The molecule has 11 heteroatoms. The third-order valence-electron chi connectivity index (χ3n) is 6.09. The number of nitrogen functional groups attached to an aromatic ring is 1. The number of phenols is 1. The Morgan fingerprint density at radius 1 is 1.00 bits per heavy atom. The van der Waals surface area contributed by atoms with E-state index in [0.717, 1.165) is 6.07 Å². The van der Waals surface area contributed by atoms with Gasteiger partial charge in [-0.05, 0) is 72.3 Å². The summed E-state index contributed by atoms with van der Waals surface area (Å²) in [6.45, 7) is 0. The molecule has 0 atom stereocenters. The Balaban J connectivity index is 1.45. The largest absolute Gasteiger partial charge is 0.507 e. The van der Waals surface area contributed by atoms with Crippen LogP contribution in [-0.4, -0.2) is 32.7 Å². The second-order valence-electron chi connectivity index (χ2n) is 8.59. The predicted molar refractivity (Wildman–Crippen MR) is 145 cm³/mol. The van der Waals surface area contributed by atoms with Crippen LogP contribution in [0.15, 0.2) is 90.0 Å². The normalized spacial score (nSPS) is 10.8. The molecule has 2 heterocycles. The van der Waals surface area contributed by atoms with Gasteiger partial charge in [0.15, 0.2) is 0 Å². The smallest absolute Gasteiger partial charge is 0.271 e. The van der Waals surface area contributed by atoms with Crippen molar-refractivity contribution in [2.45, 2.75) is 0 Å². The molecule has 3 aromatic carbocycles. The first-order valence-corrected chi connectivity index (χ1v) is 11.8. The van der Waals surface area contributed by atoms with E-state index in [1.165, 1.54) is 78.7 Å². The SMILES string of the molecule is COc1ccn(-c2ccc(F)cc2)c(=O)c1C(=O)Nc1ccc(-c2ccc(O)c(-c3ccnc(N)n3)c2)c(F)c1. The van der Waals surface area contributed by atoms with E-state index in [1.807, 2.05) is 0 Å². The van der Waals surface area contributed by atoms with Crippen molar-refractivity contribution >= 4 is 17.5 Å². The molecule has 0 unspecified atom stereocenters. The second-order valence-corrected chi connectivity index (χ2v) is 8.59. The van der Waals surface area contributed by atoms with Crippen molar-refractivity contribution in [1.82, 2.24) is 14.5 Å². The third kappa shape index (κ3) is 5.07. The molecule has 0 fully saturated rings. The lowest BCUT2D eigenvalue weighted by Crippen LogP contribution is -2.29. The maximum Gasteiger partial charge on any atom is 0.271 e. The first-order valence-electron chi connectivity index (χ1n) is 11.8. The van der Waals surface area contributed by atoms with E-state index in [4.69, 9.17) is 10.5 Å². The number of methoxy groups -OCH3 is 1. The van der Waals surface area contributed by atoms with Gasteiger partial charge in [-0.1, -0.05) is 6.07 Å². The van der Waals surface area contributed by atoms with E-state index < -0.39 is 23.1 Å². The van der Waals surface area contributed by atoms with Gasteiger partial charge in [-0.2, -0.15) is 0 Å². The lowest BCUT2D eigenvalue weighted by molar-refractivity contribution is 0.102. The lowest BCUT2D eigenvalue weighted by Gasteiger charge is -2.13. The number of hydrogen-bond donors (Lipinski definition) is 3. The fraction of sp³-hybridized carbons (Fsp3) is 0.0345. The molecule has 2 aromatic heterocycles. The number of nitrogens with two attached hydrogens (primary N) is 1. The van der Waals surface area contributed by atoms with Gasteiger partial charge >= 0.3 is 0 Å². The average Bonchev–Trinajstić information content (AvgIpc) is 2.94. The Morgan fingerprint density at radius 3 is 2.48 bits per heavy atom. The summed E-state index contributed by atoms with van der Waals surface area (Å²) >= 11 is 0. The maximum absolute atomic E-state index is 15.2. The number of phenolic OH excluding ortho intramolecular Hbond substituents is 1. The Hall–Kier alpha value is -5.58. The zero-order valence-corrected chi connectivity index (χ0v) is 20.9. The number of pyridine rings is 1. The van der Waals surface area contributed by atoms with E-state index in [-0.39, 0.29) is 34.3 Å². The van der Waals surface area contributed by atoms with E-state index in [2.05, 4.69) is 15.3 Å². The van der Waals surface area contributed by atoms with Gasteiger partial charge in [0.25, 0.3) is 11.5 Å². The number of carbonyl (C=O) groups is 1. The van der Waals surface area contributed by atoms with Gasteiger partial charge < -0.3 is 20.9 Å². The predicted octanol–water partition coefficient (Wildman–Crippen LogP) is 4.79. The van der Waals surface area contributed by atoms with Gasteiger partial charge in [0.2, 0.25) is 5.95 Å². The summed E-state index contributed by atoms with van der Waals surface area (Å²) in [6, 6.07) is 16.7. The molecule has 0 aliphatic heterocycles.